The number of methoxy groups -OCH3 is 2. The summed E-state index contributed by atoms with van der Waals surface area (Å²) in [4.78, 5) is 40.5. The summed E-state index contributed by atoms with van der Waals surface area (Å²) in [6, 6.07) is 11.0. The third kappa shape index (κ3) is 5.85. The number of anilines is 1. The zero-order valence-corrected chi connectivity index (χ0v) is 36.2. The molecule has 1 amide bonds. The number of piperidine rings is 1. The van der Waals surface area contributed by atoms with Crippen molar-refractivity contribution in [1.82, 2.24) is 20.1 Å². The molecule has 1 aromatic heterocycles. The number of aromatic amines is 1. The van der Waals surface area contributed by atoms with Gasteiger partial charge < -0.3 is 49.8 Å². The first-order chi connectivity index (χ1) is 29.3. The number of aliphatic hydroxyl groups excluding tert-OH is 2. The van der Waals surface area contributed by atoms with E-state index in [2.05, 4.69) is 38.3 Å². The predicted molar refractivity (Wildman–Crippen MR) is 230 cm³/mol. The van der Waals surface area contributed by atoms with Gasteiger partial charge in [0.1, 0.15) is 17.3 Å². The number of benzene rings is 2. The fourth-order valence-corrected chi connectivity index (χ4v) is 13.6. The van der Waals surface area contributed by atoms with E-state index >= 15 is 4.79 Å². The molecule has 6 N–H and O–H groups in total. The molecule has 1 saturated carbocycles. The molecule has 61 heavy (non-hydrogen) atoms. The van der Waals surface area contributed by atoms with Gasteiger partial charge in [-0.15, -0.1) is 0 Å². The average Bonchev–Trinajstić information content (AvgIpc) is 3.93. The summed E-state index contributed by atoms with van der Waals surface area (Å²) in [6.45, 7) is 7.50. The number of fused-ring (bicyclic) bond motifs is 6. The van der Waals surface area contributed by atoms with Crippen molar-refractivity contribution >= 4 is 28.5 Å². The molecule has 10 atom stereocenters. The second-order valence-electron chi connectivity index (χ2n) is 18.7. The van der Waals surface area contributed by atoms with Crippen LogP contribution in [0.15, 0.2) is 48.6 Å². The Bertz CT molecular complexity index is 2230. The lowest BCUT2D eigenvalue weighted by molar-refractivity contribution is -0.203. The molecule has 2 bridgehead atoms. The first kappa shape index (κ1) is 42.3. The molecular formula is C47H63N5O9. The summed E-state index contributed by atoms with van der Waals surface area (Å²) >= 11 is 0. The SMILES string of the molecule is CC[C@]1(O)CC2CN(CCc3c([nH]c4ccccc34)[C@@](C(=O)OC)(c3cc4c(cc3OC)N(C)C3C45CCN4CC=C[C@](CC)([C@H]45)[C@@H](O)[C@]3(O)C(=O)NCCOCCO)C2)C1. The fraction of sp³-hybridized carbons (Fsp3) is 0.617. The number of hydrogen-bond donors (Lipinski definition) is 6. The molecule has 2 aromatic carbocycles. The third-order valence-electron chi connectivity index (χ3n) is 16.0. The number of aliphatic hydroxyl groups is 4. The highest BCUT2D eigenvalue weighted by Crippen LogP contribution is 2.67. The molecule has 9 rings (SSSR count). The Labute approximate surface area is 357 Å². The van der Waals surface area contributed by atoms with Crippen LogP contribution in [0.25, 0.3) is 10.9 Å². The zero-order valence-electron chi connectivity index (χ0n) is 36.2. The number of ether oxygens (including phenoxy) is 3. The number of para-hydroxylation sites is 1. The summed E-state index contributed by atoms with van der Waals surface area (Å²) in [7, 11) is 4.92. The monoisotopic (exact) mass is 841 g/mol. The van der Waals surface area contributed by atoms with Gasteiger partial charge >= 0.3 is 5.97 Å². The number of H-pyrrole nitrogens is 1. The van der Waals surface area contributed by atoms with Gasteiger partial charge in [-0.1, -0.05) is 44.2 Å². The smallest absolute Gasteiger partial charge is 0.322 e. The molecule has 330 valence electrons. The molecule has 5 aliphatic heterocycles. The minimum absolute atomic E-state index is 0.0764. The van der Waals surface area contributed by atoms with E-state index < -0.39 is 51.5 Å². The van der Waals surface area contributed by atoms with Crippen LogP contribution in [0.1, 0.15) is 68.3 Å². The highest BCUT2D eigenvalue weighted by atomic mass is 16.5. The Morgan fingerprint density at radius 2 is 1.82 bits per heavy atom. The summed E-state index contributed by atoms with van der Waals surface area (Å²) in [5, 5.41) is 51.2. The lowest BCUT2D eigenvalue weighted by Crippen LogP contribution is -2.81. The van der Waals surface area contributed by atoms with Crippen LogP contribution in [0.2, 0.25) is 0 Å². The van der Waals surface area contributed by atoms with Crippen molar-refractivity contribution in [3.63, 3.8) is 0 Å². The molecule has 2 saturated heterocycles. The van der Waals surface area contributed by atoms with Crippen LogP contribution in [-0.4, -0.2) is 157 Å². The highest BCUT2D eigenvalue weighted by Gasteiger charge is 2.78. The van der Waals surface area contributed by atoms with E-state index in [0.29, 0.717) is 82.6 Å². The number of rotatable bonds is 11. The molecule has 4 unspecified atom stereocenters. The van der Waals surface area contributed by atoms with Crippen LogP contribution < -0.4 is 15.0 Å². The maximum absolute atomic E-state index is 15.3. The quantitative estimate of drug-likeness (QED) is 0.0945. The minimum Gasteiger partial charge on any atom is -0.496 e. The van der Waals surface area contributed by atoms with Crippen LogP contribution in [0, 0.1) is 11.3 Å². The number of aromatic nitrogens is 1. The molecule has 0 radical (unpaired) electrons. The van der Waals surface area contributed by atoms with E-state index in [1.54, 1.807) is 7.11 Å². The van der Waals surface area contributed by atoms with E-state index in [9.17, 15) is 25.2 Å². The standard InChI is InChI=1S/C47H63N5O9/c1-6-43(57)25-29-26-46(42(56)60-5,37-31(13-18-51(27-29)28-43)30-11-8-9-12-34(30)49-37)33-23-32-35(24-36(33)59-4)50(3)39-45(32)15-19-52-17-10-14-44(7-2,38(45)52)40(54)47(39,58)41(55)48-16-21-61-22-20-53/h8-12,14,23-24,29,38-40,49,53-54,57-58H,6-7,13,15-22,25-28H2,1-5H3,(H,48,55)/t29?,38-,39?,40+,43-,44+,45?,46-,47-/m0/s1. The fourth-order valence-electron chi connectivity index (χ4n) is 13.6. The molecule has 3 fully saturated rings. The van der Waals surface area contributed by atoms with Crippen molar-refractivity contribution in [2.75, 3.05) is 85.3 Å². The van der Waals surface area contributed by atoms with Crippen LogP contribution in [0.5, 0.6) is 5.75 Å². The van der Waals surface area contributed by atoms with E-state index in [1.807, 2.05) is 56.1 Å². The molecule has 14 nitrogen and oxygen atoms in total. The van der Waals surface area contributed by atoms with Crippen LogP contribution in [0.4, 0.5) is 5.69 Å². The van der Waals surface area contributed by atoms with Crippen molar-refractivity contribution in [3.8, 4) is 5.75 Å². The predicted octanol–water partition coefficient (Wildman–Crippen LogP) is 2.37. The Morgan fingerprint density at radius 1 is 1.02 bits per heavy atom. The van der Waals surface area contributed by atoms with Gasteiger partial charge in [0.05, 0.1) is 45.7 Å². The van der Waals surface area contributed by atoms with Crippen molar-refractivity contribution in [1.29, 1.82) is 0 Å². The highest BCUT2D eigenvalue weighted by molar-refractivity contribution is 5.95. The number of likely N-dealkylation sites (N-methyl/N-ethyl adjacent to an activating group) is 1. The Hall–Kier alpha value is -4.02. The molecule has 3 aromatic rings. The zero-order chi connectivity index (χ0) is 43.1. The van der Waals surface area contributed by atoms with Gasteiger partial charge in [0.25, 0.3) is 5.91 Å². The number of nitrogens with zero attached hydrogens (tertiary/aromatic N) is 3. The van der Waals surface area contributed by atoms with E-state index in [1.165, 1.54) is 7.11 Å². The van der Waals surface area contributed by atoms with Gasteiger partial charge in [0.2, 0.25) is 0 Å². The van der Waals surface area contributed by atoms with E-state index in [-0.39, 0.29) is 38.3 Å². The summed E-state index contributed by atoms with van der Waals surface area (Å²) in [5.74, 6) is -0.765. The van der Waals surface area contributed by atoms with Gasteiger partial charge in [0, 0.05) is 90.6 Å². The second kappa shape index (κ2) is 15.4. The Morgan fingerprint density at radius 3 is 2.56 bits per heavy atom. The summed E-state index contributed by atoms with van der Waals surface area (Å²) < 4.78 is 17.8. The van der Waals surface area contributed by atoms with Crippen molar-refractivity contribution in [2.24, 2.45) is 11.3 Å². The minimum atomic E-state index is -2.29. The van der Waals surface area contributed by atoms with E-state index in [0.717, 1.165) is 33.4 Å². The molecular weight excluding hydrogens is 779 g/mol. The summed E-state index contributed by atoms with van der Waals surface area (Å²) in [5.41, 5.74) is -1.59. The van der Waals surface area contributed by atoms with Crippen LogP contribution in [-0.2, 0) is 36.3 Å². The maximum Gasteiger partial charge on any atom is 0.322 e. The van der Waals surface area contributed by atoms with Gasteiger partial charge in [-0.25, -0.2) is 0 Å². The number of amides is 1. The number of hydrogen-bond acceptors (Lipinski definition) is 12. The molecule has 14 heteroatoms. The lowest BCUT2D eigenvalue weighted by Gasteiger charge is -2.63. The maximum atomic E-state index is 15.3. The number of carbonyl (C=O) groups is 2. The summed E-state index contributed by atoms with van der Waals surface area (Å²) in [6.07, 6.45) is 5.72. The number of carbonyl (C=O) groups excluding carboxylic acids is 2. The Balaban J connectivity index is 1.30. The number of esters is 1. The van der Waals surface area contributed by atoms with Gasteiger partial charge in [-0.2, -0.15) is 0 Å². The van der Waals surface area contributed by atoms with Crippen molar-refractivity contribution in [2.45, 2.75) is 92.6 Å². The Kier molecular flexibility index (Phi) is 10.6. The third-order valence-corrected chi connectivity index (χ3v) is 16.0. The van der Waals surface area contributed by atoms with Crippen molar-refractivity contribution in [3.05, 3.63) is 70.9 Å². The van der Waals surface area contributed by atoms with Gasteiger partial charge in [0.15, 0.2) is 5.60 Å². The van der Waals surface area contributed by atoms with Crippen LogP contribution >= 0.6 is 0 Å². The topological polar surface area (TPSA) is 180 Å². The molecule has 1 spiro atoms. The molecule has 6 heterocycles. The van der Waals surface area contributed by atoms with Gasteiger partial charge in [-0.3, -0.25) is 19.4 Å². The normalized spacial score (nSPS) is 36.3. The first-order valence-corrected chi connectivity index (χ1v) is 22.2. The van der Waals surface area contributed by atoms with Crippen LogP contribution in [0.3, 0.4) is 0 Å². The largest absolute Gasteiger partial charge is 0.496 e. The number of nitrogens with one attached hydrogen (secondary N) is 2. The molecule has 6 aliphatic rings. The average molecular weight is 842 g/mol. The first-order valence-electron chi connectivity index (χ1n) is 22.2. The van der Waals surface area contributed by atoms with Crippen molar-refractivity contribution < 1.29 is 44.2 Å². The lowest BCUT2D eigenvalue weighted by atomic mass is 9.47. The molecule has 1 aliphatic carbocycles. The van der Waals surface area contributed by atoms with Gasteiger partial charge in [-0.05, 0) is 74.2 Å². The second-order valence-corrected chi connectivity index (χ2v) is 18.7. The van der Waals surface area contributed by atoms with E-state index in [4.69, 9.17) is 14.2 Å².